The maximum absolute atomic E-state index is 4.59. The summed E-state index contributed by atoms with van der Waals surface area (Å²) in [5.74, 6) is 1.52. The molecule has 0 amide bonds. The first-order valence-corrected chi connectivity index (χ1v) is 8.03. The highest BCUT2D eigenvalue weighted by molar-refractivity contribution is 7.16. The zero-order valence-corrected chi connectivity index (χ0v) is 13.0. The molecule has 2 aromatic heterocycles. The second kappa shape index (κ2) is 6.10. The molecule has 0 fully saturated rings. The van der Waals surface area contributed by atoms with Crippen molar-refractivity contribution in [2.45, 2.75) is 20.3 Å². The Morgan fingerprint density at radius 1 is 1.14 bits per heavy atom. The van der Waals surface area contributed by atoms with Crippen molar-refractivity contribution in [2.75, 3.05) is 17.2 Å². The van der Waals surface area contributed by atoms with Crippen molar-refractivity contribution in [3.8, 4) is 0 Å². The van der Waals surface area contributed by atoms with Crippen LogP contribution in [-0.2, 0) is 6.42 Å². The van der Waals surface area contributed by atoms with E-state index in [1.54, 1.807) is 11.3 Å². The summed E-state index contributed by atoms with van der Waals surface area (Å²) in [5, 5.41) is 9.71. The number of fused-ring (bicyclic) bond motifs is 1. The van der Waals surface area contributed by atoms with E-state index in [0.717, 1.165) is 34.7 Å². The number of aromatic nitrogens is 2. The van der Waals surface area contributed by atoms with Gasteiger partial charge in [-0.3, -0.25) is 0 Å². The van der Waals surface area contributed by atoms with Gasteiger partial charge in [0.2, 0.25) is 5.95 Å². The Morgan fingerprint density at radius 3 is 2.86 bits per heavy atom. The molecule has 3 aromatic rings. The Morgan fingerprint density at radius 2 is 2.05 bits per heavy atom. The maximum Gasteiger partial charge on any atom is 0.226 e. The van der Waals surface area contributed by atoms with E-state index in [2.05, 4.69) is 57.9 Å². The summed E-state index contributed by atoms with van der Waals surface area (Å²) in [6.07, 6.45) is 1.02. The first-order chi connectivity index (χ1) is 10.3. The smallest absolute Gasteiger partial charge is 0.226 e. The molecule has 0 saturated heterocycles. The van der Waals surface area contributed by atoms with Crippen LogP contribution in [0.15, 0.2) is 35.7 Å². The largest absolute Gasteiger partial charge is 0.354 e. The van der Waals surface area contributed by atoms with Crippen LogP contribution in [0, 0.1) is 0 Å². The summed E-state index contributed by atoms with van der Waals surface area (Å²) in [6.45, 7) is 5.01. The zero-order valence-electron chi connectivity index (χ0n) is 12.2. The maximum atomic E-state index is 4.59. The molecule has 1 aromatic carbocycles. The van der Waals surface area contributed by atoms with Crippen LogP contribution in [-0.4, -0.2) is 16.5 Å². The van der Waals surface area contributed by atoms with Gasteiger partial charge in [-0.1, -0.05) is 19.1 Å². The predicted octanol–water partition coefficient (Wildman–Crippen LogP) is 4.43. The van der Waals surface area contributed by atoms with E-state index < -0.39 is 0 Å². The lowest BCUT2D eigenvalue weighted by Crippen LogP contribution is -2.04. The lowest BCUT2D eigenvalue weighted by Gasteiger charge is -2.10. The Labute approximate surface area is 128 Å². The van der Waals surface area contributed by atoms with Crippen molar-refractivity contribution < 1.29 is 0 Å². The van der Waals surface area contributed by atoms with Crippen molar-refractivity contribution in [1.29, 1.82) is 0 Å². The molecule has 2 heterocycles. The normalized spacial score (nSPS) is 10.8. The van der Waals surface area contributed by atoms with Crippen LogP contribution >= 0.6 is 11.3 Å². The Hall–Kier alpha value is -2.14. The van der Waals surface area contributed by atoms with Crippen LogP contribution in [0.1, 0.15) is 19.4 Å². The number of hydrogen-bond acceptors (Lipinski definition) is 5. The molecule has 0 spiro atoms. The molecular formula is C16H18N4S. The van der Waals surface area contributed by atoms with Crippen LogP contribution in [0.25, 0.3) is 10.2 Å². The molecule has 0 radical (unpaired) electrons. The average Bonchev–Trinajstić information content (AvgIpc) is 2.96. The number of rotatable bonds is 5. The van der Waals surface area contributed by atoms with Crippen molar-refractivity contribution in [2.24, 2.45) is 0 Å². The Bertz CT molecular complexity index is 751. The van der Waals surface area contributed by atoms with Gasteiger partial charge < -0.3 is 10.6 Å². The number of aryl methyl sites for hydroxylation is 1. The van der Waals surface area contributed by atoms with Gasteiger partial charge in [0, 0.05) is 12.2 Å². The second-order valence-corrected chi connectivity index (χ2v) is 5.64. The van der Waals surface area contributed by atoms with Crippen molar-refractivity contribution >= 4 is 39.0 Å². The van der Waals surface area contributed by atoms with E-state index in [1.165, 1.54) is 5.56 Å². The zero-order chi connectivity index (χ0) is 14.7. The molecule has 0 aliphatic heterocycles. The molecule has 3 rings (SSSR count). The molecule has 108 valence electrons. The predicted molar refractivity (Wildman–Crippen MR) is 90.7 cm³/mol. The van der Waals surface area contributed by atoms with Crippen LogP contribution < -0.4 is 10.6 Å². The summed E-state index contributed by atoms with van der Waals surface area (Å²) in [4.78, 5) is 10.1. The lowest BCUT2D eigenvalue weighted by molar-refractivity contribution is 1.11. The van der Waals surface area contributed by atoms with E-state index in [4.69, 9.17) is 0 Å². The van der Waals surface area contributed by atoms with Gasteiger partial charge >= 0.3 is 0 Å². The molecule has 0 aliphatic carbocycles. The molecule has 0 saturated carbocycles. The standard InChI is InChI=1S/C16H18N4S/c1-3-11-6-5-7-12(10-11)18-14-13-8-9-21-15(13)20-16(19-14)17-4-2/h5-10H,3-4H2,1-2H3,(H2,17,18,19,20). The molecule has 4 nitrogen and oxygen atoms in total. The van der Waals surface area contributed by atoms with Crippen LogP contribution in [0.5, 0.6) is 0 Å². The number of benzene rings is 1. The van der Waals surface area contributed by atoms with Crippen LogP contribution in [0.2, 0.25) is 0 Å². The first-order valence-electron chi connectivity index (χ1n) is 7.15. The topological polar surface area (TPSA) is 49.8 Å². The molecule has 5 heteroatoms. The lowest BCUT2D eigenvalue weighted by atomic mass is 10.1. The number of hydrogen-bond donors (Lipinski definition) is 2. The van der Waals surface area contributed by atoms with E-state index in [-0.39, 0.29) is 0 Å². The molecule has 0 bridgehead atoms. The highest BCUT2D eigenvalue weighted by Gasteiger charge is 2.09. The molecule has 0 atom stereocenters. The number of thiophene rings is 1. The summed E-state index contributed by atoms with van der Waals surface area (Å²) < 4.78 is 0. The van der Waals surface area contributed by atoms with Gasteiger partial charge in [0.05, 0.1) is 5.39 Å². The van der Waals surface area contributed by atoms with Crippen molar-refractivity contribution in [3.63, 3.8) is 0 Å². The highest BCUT2D eigenvalue weighted by atomic mass is 32.1. The first kappa shape index (κ1) is 13.8. The third-order valence-electron chi connectivity index (χ3n) is 3.26. The van der Waals surface area contributed by atoms with E-state index >= 15 is 0 Å². The van der Waals surface area contributed by atoms with E-state index in [1.807, 2.05) is 12.3 Å². The molecule has 0 aliphatic rings. The fraction of sp³-hybridized carbons (Fsp3) is 0.250. The fourth-order valence-electron chi connectivity index (χ4n) is 2.19. The number of nitrogens with zero attached hydrogens (tertiary/aromatic N) is 2. The Kier molecular flexibility index (Phi) is 4.01. The highest BCUT2D eigenvalue weighted by Crippen LogP contribution is 2.28. The minimum absolute atomic E-state index is 0.668. The summed E-state index contributed by atoms with van der Waals surface area (Å²) in [7, 11) is 0. The Balaban J connectivity index is 1.99. The minimum atomic E-state index is 0.668. The quantitative estimate of drug-likeness (QED) is 0.731. The van der Waals surface area contributed by atoms with Gasteiger partial charge in [-0.25, -0.2) is 4.98 Å². The summed E-state index contributed by atoms with van der Waals surface area (Å²) in [6, 6.07) is 10.5. The monoisotopic (exact) mass is 298 g/mol. The second-order valence-electron chi connectivity index (χ2n) is 4.74. The molecule has 21 heavy (non-hydrogen) atoms. The SMILES string of the molecule is CCNc1nc(Nc2cccc(CC)c2)c2ccsc2n1. The third-order valence-corrected chi connectivity index (χ3v) is 4.06. The van der Waals surface area contributed by atoms with Gasteiger partial charge in [-0.15, -0.1) is 11.3 Å². The summed E-state index contributed by atoms with van der Waals surface area (Å²) in [5.41, 5.74) is 2.37. The minimum Gasteiger partial charge on any atom is -0.354 e. The number of nitrogens with one attached hydrogen (secondary N) is 2. The molecule has 2 N–H and O–H groups in total. The van der Waals surface area contributed by atoms with Gasteiger partial charge in [-0.05, 0) is 42.5 Å². The van der Waals surface area contributed by atoms with E-state index in [9.17, 15) is 0 Å². The average molecular weight is 298 g/mol. The van der Waals surface area contributed by atoms with Crippen LogP contribution in [0.3, 0.4) is 0 Å². The van der Waals surface area contributed by atoms with Crippen molar-refractivity contribution in [3.05, 3.63) is 41.3 Å². The van der Waals surface area contributed by atoms with E-state index in [0.29, 0.717) is 5.95 Å². The molecule has 0 unspecified atom stereocenters. The summed E-state index contributed by atoms with van der Waals surface area (Å²) >= 11 is 1.63. The fourth-order valence-corrected chi connectivity index (χ4v) is 2.96. The van der Waals surface area contributed by atoms with Crippen molar-refractivity contribution in [1.82, 2.24) is 9.97 Å². The van der Waals surface area contributed by atoms with Gasteiger partial charge in [0.15, 0.2) is 0 Å². The molecular weight excluding hydrogens is 280 g/mol. The van der Waals surface area contributed by atoms with Crippen LogP contribution in [0.4, 0.5) is 17.5 Å². The number of anilines is 3. The van der Waals surface area contributed by atoms with Gasteiger partial charge in [-0.2, -0.15) is 4.98 Å². The van der Waals surface area contributed by atoms with Gasteiger partial charge in [0.25, 0.3) is 0 Å². The van der Waals surface area contributed by atoms with Gasteiger partial charge in [0.1, 0.15) is 10.6 Å². The third kappa shape index (κ3) is 2.97.